The maximum atomic E-state index is 14.3. The number of amides is 1. The standard InChI is InChI=1S/C43H69NO12/c1-10-30-18-24(2)17-25(3)19-36(53-8)39-37(54-9)21-27(5)43(51,56-39)40(48)41(49)44-16-12-11-13-31(44)42(50)55-38(28(6)33(46)23-34(30)47)26(4)20-29-14-15-32(45)35(22-29)52-7/h18,20,25,27-33,35-39,45-46,51H,10-17,19,21-23H2,1-9H3/b24-18+,26-20+/t25-,27+,28+,29-,30-,31-,32+,33-,35+,36+,37-,38+,39?,43+/m0/s1. The molecule has 13 nitrogen and oxygen atoms in total. The number of aliphatic hydroxyl groups is 3. The first-order chi connectivity index (χ1) is 26.5. The summed E-state index contributed by atoms with van der Waals surface area (Å²) < 4.78 is 29.7. The number of nitrogens with zero attached hydrogens (tertiary/aromatic N) is 1. The van der Waals surface area contributed by atoms with Crippen LogP contribution in [0.5, 0.6) is 0 Å². The van der Waals surface area contributed by atoms with Crippen LogP contribution >= 0.6 is 0 Å². The number of allylic oxidation sites excluding steroid dienone is 3. The highest BCUT2D eigenvalue weighted by Gasteiger charge is 2.56. The second-order valence-electron chi connectivity index (χ2n) is 17.2. The molecular formula is C43H69NO12. The number of fused-ring (bicyclic) bond motifs is 3. The lowest BCUT2D eigenvalue weighted by Gasteiger charge is -2.47. The minimum absolute atomic E-state index is 0.000914. The molecule has 56 heavy (non-hydrogen) atoms. The lowest BCUT2D eigenvalue weighted by atomic mass is 9.81. The molecule has 3 aliphatic heterocycles. The summed E-state index contributed by atoms with van der Waals surface area (Å²) in [7, 11) is 4.63. The first-order valence-electron chi connectivity index (χ1n) is 20.8. The molecule has 0 aromatic heterocycles. The Labute approximate surface area is 333 Å². The smallest absolute Gasteiger partial charge is 0.329 e. The SMILES string of the molecule is CC[C@H]1/C=C(\C)C[C@H](C)C[C@@H](OC)C2O[C@@](O)(C(=O)C(=O)N3CCCC[C@H]3C(=O)O[C@H](/C(C)=C/[C@@H]3CC[C@@H](O)[C@H](OC)C3)[C@H](C)[C@@H](O)CC1=O)[C@H](C)C[C@@H]2OC. The molecule has 0 radical (unpaired) electrons. The number of hydrogen-bond donors (Lipinski definition) is 3. The van der Waals surface area contributed by atoms with Gasteiger partial charge in [-0.2, -0.15) is 0 Å². The van der Waals surface area contributed by atoms with Crippen molar-refractivity contribution in [3.63, 3.8) is 0 Å². The predicted molar refractivity (Wildman–Crippen MR) is 208 cm³/mol. The maximum Gasteiger partial charge on any atom is 0.329 e. The average molecular weight is 792 g/mol. The lowest BCUT2D eigenvalue weighted by Crippen LogP contribution is -2.64. The number of piperidine rings is 1. The molecule has 4 aliphatic rings. The summed E-state index contributed by atoms with van der Waals surface area (Å²) in [5.41, 5.74) is 1.66. The van der Waals surface area contributed by atoms with E-state index >= 15 is 0 Å². The number of esters is 1. The molecule has 13 heteroatoms. The zero-order chi connectivity index (χ0) is 41.5. The minimum atomic E-state index is -2.50. The van der Waals surface area contributed by atoms with Crippen molar-refractivity contribution in [1.29, 1.82) is 0 Å². The van der Waals surface area contributed by atoms with Gasteiger partial charge in [0.15, 0.2) is 0 Å². The van der Waals surface area contributed by atoms with Gasteiger partial charge in [0.05, 0.1) is 30.5 Å². The van der Waals surface area contributed by atoms with Crippen molar-refractivity contribution in [2.24, 2.45) is 29.6 Å². The maximum absolute atomic E-state index is 14.3. The highest BCUT2D eigenvalue weighted by atomic mass is 16.7. The topological polar surface area (TPSA) is 178 Å². The third-order valence-corrected chi connectivity index (χ3v) is 12.9. The van der Waals surface area contributed by atoms with Crippen LogP contribution in [0.4, 0.5) is 0 Å². The molecule has 0 aromatic rings. The zero-order valence-electron chi connectivity index (χ0n) is 35.1. The third kappa shape index (κ3) is 10.7. The van der Waals surface area contributed by atoms with Gasteiger partial charge < -0.3 is 43.9 Å². The monoisotopic (exact) mass is 791 g/mol. The van der Waals surface area contributed by atoms with Gasteiger partial charge in [0.1, 0.15) is 24.0 Å². The zero-order valence-corrected chi connectivity index (χ0v) is 35.1. The summed E-state index contributed by atoms with van der Waals surface area (Å²) in [6, 6.07) is -1.13. The molecule has 4 rings (SSSR count). The van der Waals surface area contributed by atoms with Crippen molar-refractivity contribution in [3.05, 3.63) is 23.3 Å². The van der Waals surface area contributed by atoms with Crippen molar-refractivity contribution >= 4 is 23.4 Å². The lowest BCUT2D eigenvalue weighted by molar-refractivity contribution is -0.302. The fourth-order valence-electron chi connectivity index (χ4n) is 9.39. The Hall–Kier alpha value is -2.52. The Morgan fingerprint density at radius 3 is 2.21 bits per heavy atom. The van der Waals surface area contributed by atoms with Crippen LogP contribution in [0.15, 0.2) is 23.3 Å². The van der Waals surface area contributed by atoms with Crippen LogP contribution in [0.2, 0.25) is 0 Å². The molecule has 1 unspecified atom stereocenters. The molecule has 2 bridgehead atoms. The van der Waals surface area contributed by atoms with Crippen molar-refractivity contribution in [3.8, 4) is 0 Å². The third-order valence-electron chi connectivity index (χ3n) is 12.9. The van der Waals surface area contributed by atoms with Gasteiger partial charge in [-0.05, 0) is 95.5 Å². The second-order valence-corrected chi connectivity index (χ2v) is 17.2. The normalized spacial score (nSPS) is 41.6. The van der Waals surface area contributed by atoms with Gasteiger partial charge in [0.2, 0.25) is 5.79 Å². The van der Waals surface area contributed by atoms with Crippen LogP contribution in [0.3, 0.4) is 0 Å². The van der Waals surface area contributed by atoms with Gasteiger partial charge in [0.25, 0.3) is 11.7 Å². The minimum Gasteiger partial charge on any atom is -0.456 e. The van der Waals surface area contributed by atoms with E-state index in [1.54, 1.807) is 21.0 Å². The van der Waals surface area contributed by atoms with Crippen LogP contribution in [-0.2, 0) is 42.9 Å². The fraction of sp³-hybridized carbons (Fsp3) is 0.814. The van der Waals surface area contributed by atoms with Gasteiger partial charge in [0, 0.05) is 52.0 Å². The Balaban J connectivity index is 1.76. The van der Waals surface area contributed by atoms with E-state index in [2.05, 4.69) is 6.92 Å². The van der Waals surface area contributed by atoms with E-state index in [4.69, 9.17) is 23.7 Å². The predicted octanol–water partition coefficient (Wildman–Crippen LogP) is 4.47. The number of ether oxygens (including phenoxy) is 5. The van der Waals surface area contributed by atoms with Gasteiger partial charge in [-0.3, -0.25) is 14.4 Å². The average Bonchev–Trinajstić information content (AvgIpc) is 3.18. The second kappa shape index (κ2) is 20.4. The number of Topliss-reactive ketones (excluding diaryl/α,β-unsaturated/α-hetero) is 2. The molecule has 3 heterocycles. The first-order valence-corrected chi connectivity index (χ1v) is 20.8. The van der Waals surface area contributed by atoms with Gasteiger partial charge in [-0.1, -0.05) is 45.4 Å². The first kappa shape index (κ1) is 46.2. The molecule has 3 fully saturated rings. The molecule has 3 N–H and O–H groups in total. The molecule has 14 atom stereocenters. The molecule has 1 aliphatic carbocycles. The molecule has 0 spiro atoms. The van der Waals surface area contributed by atoms with Crippen molar-refractivity contribution < 1.29 is 58.2 Å². The van der Waals surface area contributed by atoms with Crippen LogP contribution in [0, 0.1) is 29.6 Å². The molecule has 1 saturated carbocycles. The number of hydrogen-bond acceptors (Lipinski definition) is 12. The molecule has 318 valence electrons. The van der Waals surface area contributed by atoms with E-state index in [0.29, 0.717) is 56.9 Å². The number of cyclic esters (lactones) is 1. The van der Waals surface area contributed by atoms with Crippen LogP contribution in [0.1, 0.15) is 112 Å². The highest BCUT2D eigenvalue weighted by Crippen LogP contribution is 2.39. The van der Waals surface area contributed by atoms with Gasteiger partial charge >= 0.3 is 5.97 Å². The molecule has 2 saturated heterocycles. The summed E-state index contributed by atoms with van der Waals surface area (Å²) >= 11 is 0. The molecule has 1 amide bonds. The Bertz CT molecular complexity index is 1430. The number of carbonyl (C=O) groups is 4. The quantitative estimate of drug-likeness (QED) is 0.196. The van der Waals surface area contributed by atoms with E-state index in [-0.39, 0.29) is 49.5 Å². The van der Waals surface area contributed by atoms with E-state index in [9.17, 15) is 34.5 Å². The van der Waals surface area contributed by atoms with E-state index in [1.807, 2.05) is 32.9 Å². The Morgan fingerprint density at radius 1 is 0.911 bits per heavy atom. The van der Waals surface area contributed by atoms with E-state index < -0.39 is 83.9 Å². The summed E-state index contributed by atoms with van der Waals surface area (Å²) in [5, 5.41) is 34.1. The molecular weight excluding hydrogens is 722 g/mol. The number of ketones is 2. The summed E-state index contributed by atoms with van der Waals surface area (Å²) in [5.74, 6) is -7.50. The van der Waals surface area contributed by atoms with Crippen LogP contribution in [-0.4, -0.2) is 126 Å². The van der Waals surface area contributed by atoms with Crippen LogP contribution in [0.25, 0.3) is 0 Å². The number of methoxy groups -OCH3 is 3. The van der Waals surface area contributed by atoms with Gasteiger partial charge in [-0.15, -0.1) is 0 Å². The number of aliphatic hydroxyl groups excluding tert-OH is 2. The Morgan fingerprint density at radius 2 is 1.57 bits per heavy atom. The number of carbonyl (C=O) groups excluding carboxylic acids is 4. The molecule has 0 aromatic carbocycles. The summed E-state index contributed by atoms with van der Waals surface area (Å²) in [4.78, 5) is 57.6. The summed E-state index contributed by atoms with van der Waals surface area (Å²) in [6.45, 7) is 11.3. The van der Waals surface area contributed by atoms with Crippen LogP contribution < -0.4 is 0 Å². The van der Waals surface area contributed by atoms with Gasteiger partial charge in [-0.25, -0.2) is 4.79 Å². The summed E-state index contributed by atoms with van der Waals surface area (Å²) in [6.07, 6.45) is 3.72. The largest absolute Gasteiger partial charge is 0.456 e. The van der Waals surface area contributed by atoms with Crippen molar-refractivity contribution in [1.82, 2.24) is 4.90 Å². The Kier molecular flexibility index (Phi) is 16.9. The van der Waals surface area contributed by atoms with E-state index in [0.717, 1.165) is 5.57 Å². The van der Waals surface area contributed by atoms with Crippen molar-refractivity contribution in [2.75, 3.05) is 27.9 Å². The fourth-order valence-corrected chi connectivity index (χ4v) is 9.39. The number of rotatable bonds is 6. The van der Waals surface area contributed by atoms with E-state index in [1.165, 1.54) is 19.1 Å². The highest BCUT2D eigenvalue weighted by molar-refractivity contribution is 6.39. The van der Waals surface area contributed by atoms with Crippen molar-refractivity contribution in [2.45, 2.75) is 167 Å².